The lowest BCUT2D eigenvalue weighted by molar-refractivity contribution is -0.113. The van der Waals surface area contributed by atoms with Gasteiger partial charge in [-0.05, 0) is 31.9 Å². The fourth-order valence-electron chi connectivity index (χ4n) is 2.79. The number of carbonyl (C=O) groups excluding carboxylic acids is 1. The maximum absolute atomic E-state index is 12.3. The Balaban J connectivity index is 1.58. The highest BCUT2D eigenvalue weighted by Crippen LogP contribution is 2.18. The minimum Gasteiger partial charge on any atom is -0.325 e. The Kier molecular flexibility index (Phi) is 6.85. The molecule has 0 aliphatic carbocycles. The molecule has 1 amide bonds. The minimum atomic E-state index is -0.167. The number of hydrogen-bond donors (Lipinski definition) is 1. The second-order valence-electron chi connectivity index (χ2n) is 6.74. The maximum Gasteiger partial charge on any atom is 0.275 e. The first-order chi connectivity index (χ1) is 13.5. The van der Waals surface area contributed by atoms with Gasteiger partial charge in [0, 0.05) is 23.9 Å². The highest BCUT2D eigenvalue weighted by molar-refractivity contribution is 7.99. The Morgan fingerprint density at radius 2 is 2.11 bits per heavy atom. The monoisotopic (exact) mass is 416 g/mol. The van der Waals surface area contributed by atoms with Crippen LogP contribution < -0.4 is 10.9 Å². The molecule has 2 aromatic heterocycles. The van der Waals surface area contributed by atoms with Crippen molar-refractivity contribution in [2.75, 3.05) is 11.1 Å². The topological polar surface area (TPSA) is 76.4 Å². The molecule has 0 fully saturated rings. The molecular formula is C20H24N4O2S2. The molecule has 0 unspecified atom stereocenters. The molecule has 148 valence electrons. The van der Waals surface area contributed by atoms with Gasteiger partial charge in [0.15, 0.2) is 0 Å². The van der Waals surface area contributed by atoms with E-state index in [1.807, 2.05) is 32.0 Å². The van der Waals surface area contributed by atoms with E-state index in [0.29, 0.717) is 22.2 Å². The Labute approximate surface area is 172 Å². The largest absolute Gasteiger partial charge is 0.325 e. The zero-order chi connectivity index (χ0) is 20.1. The lowest BCUT2D eigenvalue weighted by atomic mass is 10.1. The number of carbonyl (C=O) groups is 1. The number of benzene rings is 1. The van der Waals surface area contributed by atoms with Gasteiger partial charge >= 0.3 is 0 Å². The van der Waals surface area contributed by atoms with E-state index in [2.05, 4.69) is 22.3 Å². The highest BCUT2D eigenvalue weighted by Gasteiger charge is 2.10. The van der Waals surface area contributed by atoms with Crippen molar-refractivity contribution in [3.8, 4) is 0 Å². The minimum absolute atomic E-state index is 0.0607. The SMILES string of the molecule is CCCCc1nn2c(=O)cc(CSCC(=O)Nc3ccc(C)cc3C)nc2s1. The van der Waals surface area contributed by atoms with Crippen molar-refractivity contribution >= 4 is 39.7 Å². The first kappa shape index (κ1) is 20.5. The van der Waals surface area contributed by atoms with E-state index in [1.54, 1.807) is 0 Å². The van der Waals surface area contributed by atoms with Crippen LogP contribution in [0.1, 0.15) is 41.6 Å². The predicted molar refractivity (Wildman–Crippen MR) is 116 cm³/mol. The number of fused-ring (bicyclic) bond motifs is 1. The van der Waals surface area contributed by atoms with Gasteiger partial charge in [-0.2, -0.15) is 9.61 Å². The van der Waals surface area contributed by atoms with Gasteiger partial charge in [0.05, 0.1) is 11.4 Å². The van der Waals surface area contributed by atoms with Crippen LogP contribution in [0.4, 0.5) is 5.69 Å². The third-order valence-corrected chi connectivity index (χ3v) is 6.16. The summed E-state index contributed by atoms with van der Waals surface area (Å²) in [6.07, 6.45) is 3.00. The molecule has 0 saturated carbocycles. The quantitative estimate of drug-likeness (QED) is 0.601. The van der Waals surface area contributed by atoms with Crippen LogP contribution in [0.2, 0.25) is 0 Å². The van der Waals surface area contributed by atoms with Crippen molar-refractivity contribution in [1.29, 1.82) is 0 Å². The average Bonchev–Trinajstić information content (AvgIpc) is 3.06. The van der Waals surface area contributed by atoms with E-state index in [-0.39, 0.29) is 11.5 Å². The molecule has 1 N–H and O–H groups in total. The molecule has 0 radical (unpaired) electrons. The molecule has 0 saturated heterocycles. The Hall–Kier alpha value is -2.19. The molecule has 0 atom stereocenters. The fourth-order valence-corrected chi connectivity index (χ4v) is 4.46. The van der Waals surface area contributed by atoms with E-state index in [4.69, 9.17) is 0 Å². The third kappa shape index (κ3) is 5.20. The van der Waals surface area contributed by atoms with Gasteiger partial charge in [0.1, 0.15) is 5.01 Å². The summed E-state index contributed by atoms with van der Waals surface area (Å²) in [4.78, 5) is 29.6. The van der Waals surface area contributed by atoms with Gasteiger partial charge in [-0.3, -0.25) is 9.59 Å². The molecular weight excluding hydrogens is 392 g/mol. The molecule has 0 aliphatic heterocycles. The van der Waals surface area contributed by atoms with Crippen LogP contribution >= 0.6 is 23.1 Å². The number of hydrogen-bond acceptors (Lipinski definition) is 6. The van der Waals surface area contributed by atoms with Gasteiger partial charge < -0.3 is 5.32 Å². The summed E-state index contributed by atoms with van der Waals surface area (Å²) < 4.78 is 1.37. The molecule has 2 heterocycles. The number of thioether (sulfide) groups is 1. The zero-order valence-corrected chi connectivity index (χ0v) is 18.0. The summed E-state index contributed by atoms with van der Waals surface area (Å²) in [5.74, 6) is 0.752. The standard InChI is InChI=1S/C20H24N4O2S2/c1-4-5-6-18-23-24-19(26)10-15(21-20(24)28-18)11-27-12-17(25)22-16-8-7-13(2)9-14(16)3/h7-10H,4-6,11-12H2,1-3H3,(H,22,25). The molecule has 8 heteroatoms. The van der Waals surface area contributed by atoms with Crippen LogP contribution in [0.15, 0.2) is 29.1 Å². The lowest BCUT2D eigenvalue weighted by Crippen LogP contribution is -2.16. The summed E-state index contributed by atoms with van der Waals surface area (Å²) >= 11 is 2.90. The van der Waals surface area contributed by atoms with Crippen molar-refractivity contribution in [3.63, 3.8) is 0 Å². The second-order valence-corrected chi connectivity index (χ2v) is 8.76. The summed E-state index contributed by atoms with van der Waals surface area (Å²) in [6.45, 7) is 6.13. The van der Waals surface area contributed by atoms with E-state index >= 15 is 0 Å². The Bertz CT molecular complexity index is 1040. The number of anilines is 1. The summed E-state index contributed by atoms with van der Waals surface area (Å²) in [5.41, 5.74) is 3.55. The molecule has 3 aromatic rings. The Morgan fingerprint density at radius 1 is 1.29 bits per heavy atom. The molecule has 0 aliphatic rings. The third-order valence-electron chi connectivity index (χ3n) is 4.22. The van der Waals surface area contributed by atoms with Crippen molar-refractivity contribution in [1.82, 2.24) is 14.6 Å². The number of aromatic nitrogens is 3. The van der Waals surface area contributed by atoms with Crippen molar-refractivity contribution in [2.45, 2.75) is 45.8 Å². The molecule has 0 bridgehead atoms. The number of rotatable bonds is 8. The van der Waals surface area contributed by atoms with Crippen molar-refractivity contribution in [2.24, 2.45) is 0 Å². The van der Waals surface area contributed by atoms with Crippen LogP contribution in [0.25, 0.3) is 4.96 Å². The van der Waals surface area contributed by atoms with Crippen molar-refractivity contribution in [3.05, 3.63) is 56.4 Å². The molecule has 3 rings (SSSR count). The maximum atomic E-state index is 12.3. The van der Waals surface area contributed by atoms with Crippen LogP contribution in [0.3, 0.4) is 0 Å². The van der Waals surface area contributed by atoms with Crippen molar-refractivity contribution < 1.29 is 4.79 Å². The number of unbranched alkanes of at least 4 members (excludes halogenated alkanes) is 1. The predicted octanol–water partition coefficient (Wildman–Crippen LogP) is 3.98. The van der Waals surface area contributed by atoms with Gasteiger partial charge in [0.2, 0.25) is 10.9 Å². The summed E-state index contributed by atoms with van der Waals surface area (Å²) in [6, 6.07) is 7.44. The molecule has 28 heavy (non-hydrogen) atoms. The molecule has 6 nitrogen and oxygen atoms in total. The number of nitrogens with one attached hydrogen (secondary N) is 1. The van der Waals surface area contributed by atoms with E-state index in [9.17, 15) is 9.59 Å². The first-order valence-corrected chi connectivity index (χ1v) is 11.3. The normalized spacial score (nSPS) is 11.1. The number of aryl methyl sites for hydroxylation is 3. The Morgan fingerprint density at radius 3 is 2.86 bits per heavy atom. The molecule has 0 spiro atoms. The van der Waals surface area contributed by atoms with Gasteiger partial charge in [-0.1, -0.05) is 42.4 Å². The summed E-state index contributed by atoms with van der Waals surface area (Å²) in [7, 11) is 0. The smallest absolute Gasteiger partial charge is 0.275 e. The first-order valence-electron chi connectivity index (χ1n) is 9.30. The lowest BCUT2D eigenvalue weighted by Gasteiger charge is -2.09. The highest BCUT2D eigenvalue weighted by atomic mass is 32.2. The average molecular weight is 417 g/mol. The van der Waals surface area contributed by atoms with Crippen LogP contribution in [0, 0.1) is 13.8 Å². The zero-order valence-electron chi connectivity index (χ0n) is 16.3. The van der Waals surface area contributed by atoms with Crippen LogP contribution in [-0.4, -0.2) is 26.3 Å². The van der Waals surface area contributed by atoms with E-state index in [1.165, 1.54) is 39.2 Å². The number of amides is 1. The van der Waals surface area contributed by atoms with Crippen LogP contribution in [0.5, 0.6) is 0 Å². The van der Waals surface area contributed by atoms with Gasteiger partial charge in [-0.25, -0.2) is 4.98 Å². The fraction of sp³-hybridized carbons (Fsp3) is 0.400. The van der Waals surface area contributed by atoms with Crippen LogP contribution in [-0.2, 0) is 17.0 Å². The van der Waals surface area contributed by atoms with E-state index < -0.39 is 0 Å². The summed E-state index contributed by atoms with van der Waals surface area (Å²) in [5, 5.41) is 8.22. The van der Waals surface area contributed by atoms with Gasteiger partial charge in [-0.15, -0.1) is 11.8 Å². The second kappa shape index (κ2) is 9.34. The molecule has 1 aromatic carbocycles. The number of nitrogens with zero attached hydrogens (tertiary/aromatic N) is 3. The van der Waals surface area contributed by atoms with E-state index in [0.717, 1.165) is 35.5 Å². The van der Waals surface area contributed by atoms with Gasteiger partial charge in [0.25, 0.3) is 5.56 Å².